The summed E-state index contributed by atoms with van der Waals surface area (Å²) in [5, 5.41) is 2.88. The molecule has 0 bridgehead atoms. The molecule has 1 aliphatic heterocycles. The van der Waals surface area contributed by atoms with Gasteiger partial charge in [0.2, 0.25) is 10.0 Å². The van der Waals surface area contributed by atoms with Gasteiger partial charge in [0.25, 0.3) is 0 Å². The van der Waals surface area contributed by atoms with Crippen molar-refractivity contribution in [1.29, 1.82) is 0 Å². The van der Waals surface area contributed by atoms with Gasteiger partial charge >= 0.3 is 0 Å². The summed E-state index contributed by atoms with van der Waals surface area (Å²) in [5.74, 6) is 0.839. The lowest BCUT2D eigenvalue weighted by atomic mass is 10.3. The molecule has 1 saturated heterocycles. The van der Waals surface area contributed by atoms with E-state index in [-0.39, 0.29) is 11.8 Å². The highest BCUT2D eigenvalue weighted by atomic mass is 32.2. The predicted molar refractivity (Wildman–Crippen MR) is 96.2 cm³/mol. The summed E-state index contributed by atoms with van der Waals surface area (Å²) in [5.41, 5.74) is 0. The van der Waals surface area contributed by atoms with Crippen LogP contribution in [-0.2, 0) is 10.0 Å². The van der Waals surface area contributed by atoms with Gasteiger partial charge in [0, 0.05) is 30.7 Å². The second kappa shape index (κ2) is 7.96. The maximum atomic E-state index is 12.2. The minimum absolute atomic E-state index is 0.0473. The van der Waals surface area contributed by atoms with Gasteiger partial charge in [-0.3, -0.25) is 0 Å². The van der Waals surface area contributed by atoms with Crippen molar-refractivity contribution >= 4 is 26.5 Å². The molecule has 1 aliphatic rings. The maximum absolute atomic E-state index is 12.2. The zero-order valence-corrected chi connectivity index (χ0v) is 14.9. The molecular formula is C16H21N3O3S2. The first kappa shape index (κ1) is 17.2. The van der Waals surface area contributed by atoms with Crippen LogP contribution < -0.4 is 14.4 Å². The number of benzene rings is 1. The van der Waals surface area contributed by atoms with E-state index in [1.807, 2.05) is 35.7 Å². The van der Waals surface area contributed by atoms with Gasteiger partial charge in [0.1, 0.15) is 5.75 Å². The zero-order valence-electron chi connectivity index (χ0n) is 13.3. The molecule has 2 aromatic rings. The third-order valence-corrected chi connectivity index (χ3v) is 6.14. The highest BCUT2D eigenvalue weighted by Crippen LogP contribution is 2.22. The van der Waals surface area contributed by atoms with Crippen LogP contribution in [0.4, 0.5) is 5.13 Å². The van der Waals surface area contributed by atoms with Crippen LogP contribution in [0, 0.1) is 0 Å². The van der Waals surface area contributed by atoms with Crippen LogP contribution in [0.15, 0.2) is 41.9 Å². The number of hydrogen-bond donors (Lipinski definition) is 1. The van der Waals surface area contributed by atoms with Gasteiger partial charge < -0.3 is 9.64 Å². The summed E-state index contributed by atoms with van der Waals surface area (Å²) >= 11 is 1.58. The van der Waals surface area contributed by atoms with Gasteiger partial charge in [-0.2, -0.15) is 0 Å². The Bertz CT molecular complexity index is 720. The second-order valence-corrected chi connectivity index (χ2v) is 8.44. The number of anilines is 1. The third-order valence-electron chi connectivity index (χ3n) is 3.79. The van der Waals surface area contributed by atoms with E-state index in [0.717, 1.165) is 23.8 Å². The molecule has 1 fully saturated rings. The molecule has 0 spiro atoms. The number of thiazole rings is 1. The van der Waals surface area contributed by atoms with Crippen LogP contribution >= 0.6 is 11.3 Å². The number of aromatic nitrogens is 1. The summed E-state index contributed by atoms with van der Waals surface area (Å²) in [6.07, 6.45) is 3.04. The van der Waals surface area contributed by atoms with Gasteiger partial charge in [-0.25, -0.2) is 18.1 Å². The average Bonchev–Trinajstić information content (AvgIpc) is 3.23. The minimum Gasteiger partial charge on any atom is -0.494 e. The molecule has 130 valence electrons. The lowest BCUT2D eigenvalue weighted by Gasteiger charge is -2.16. The lowest BCUT2D eigenvalue weighted by molar-refractivity contribution is 0.317. The summed E-state index contributed by atoms with van der Waals surface area (Å²) < 4.78 is 32.7. The Morgan fingerprint density at radius 3 is 2.92 bits per heavy atom. The summed E-state index contributed by atoms with van der Waals surface area (Å²) in [7, 11) is -3.29. The van der Waals surface area contributed by atoms with Crippen molar-refractivity contribution in [3.05, 3.63) is 41.9 Å². The Kier molecular flexibility index (Phi) is 5.70. The Balaban J connectivity index is 1.40. The van der Waals surface area contributed by atoms with Crippen molar-refractivity contribution < 1.29 is 13.2 Å². The molecule has 2 heterocycles. The van der Waals surface area contributed by atoms with Crippen molar-refractivity contribution in [2.45, 2.75) is 18.9 Å². The molecule has 0 saturated carbocycles. The third kappa shape index (κ3) is 4.93. The lowest BCUT2D eigenvalue weighted by Crippen LogP contribution is -2.38. The zero-order chi connectivity index (χ0) is 16.8. The number of rotatable bonds is 8. The van der Waals surface area contributed by atoms with Gasteiger partial charge in [-0.1, -0.05) is 18.2 Å². The van der Waals surface area contributed by atoms with Crippen LogP contribution in [0.25, 0.3) is 0 Å². The van der Waals surface area contributed by atoms with E-state index in [9.17, 15) is 8.42 Å². The van der Waals surface area contributed by atoms with Crippen molar-refractivity contribution in [2.24, 2.45) is 0 Å². The molecule has 1 atom stereocenters. The number of ether oxygens (including phenoxy) is 1. The maximum Gasteiger partial charge on any atom is 0.212 e. The summed E-state index contributed by atoms with van der Waals surface area (Å²) in [4.78, 5) is 6.39. The van der Waals surface area contributed by atoms with Crippen LogP contribution in [0.3, 0.4) is 0 Å². The molecule has 8 heteroatoms. The van der Waals surface area contributed by atoms with E-state index >= 15 is 0 Å². The summed E-state index contributed by atoms with van der Waals surface area (Å²) in [6, 6.07) is 9.37. The van der Waals surface area contributed by atoms with E-state index in [1.165, 1.54) is 0 Å². The molecule has 1 aromatic carbocycles. The number of hydrogen-bond acceptors (Lipinski definition) is 6. The quantitative estimate of drug-likeness (QED) is 0.724. The molecular weight excluding hydrogens is 346 g/mol. The number of sulfonamides is 1. The molecule has 1 N–H and O–H groups in total. The molecule has 1 aromatic heterocycles. The van der Waals surface area contributed by atoms with Crippen LogP contribution in [0.5, 0.6) is 5.75 Å². The fourth-order valence-electron chi connectivity index (χ4n) is 2.67. The normalized spacial score (nSPS) is 18.0. The van der Waals surface area contributed by atoms with Crippen molar-refractivity contribution in [3.8, 4) is 5.75 Å². The molecule has 3 rings (SSSR count). The Hall–Kier alpha value is -1.64. The monoisotopic (exact) mass is 367 g/mol. The highest BCUT2D eigenvalue weighted by molar-refractivity contribution is 7.89. The van der Waals surface area contributed by atoms with Crippen LogP contribution in [-0.4, -0.2) is 44.9 Å². The number of para-hydroxylation sites is 1. The second-order valence-electron chi connectivity index (χ2n) is 5.70. The number of nitrogens with zero attached hydrogens (tertiary/aromatic N) is 2. The van der Waals surface area contributed by atoms with E-state index < -0.39 is 10.0 Å². The Morgan fingerprint density at radius 1 is 1.33 bits per heavy atom. The minimum atomic E-state index is -3.29. The van der Waals surface area contributed by atoms with Gasteiger partial charge in [-0.15, -0.1) is 11.3 Å². The number of nitrogens with one attached hydrogen (secondary N) is 1. The molecule has 1 unspecified atom stereocenters. The van der Waals surface area contributed by atoms with Crippen molar-refractivity contribution in [3.63, 3.8) is 0 Å². The topological polar surface area (TPSA) is 71.5 Å². The average molecular weight is 367 g/mol. The Morgan fingerprint density at radius 2 is 2.17 bits per heavy atom. The molecule has 0 radical (unpaired) electrons. The first-order chi connectivity index (χ1) is 11.6. The SMILES string of the molecule is O=S(=O)(CCCOc1ccccc1)NC1CCN(c2nccs2)C1. The van der Waals surface area contributed by atoms with E-state index in [0.29, 0.717) is 19.6 Å². The predicted octanol–water partition coefficient (Wildman–Crippen LogP) is 2.11. The largest absolute Gasteiger partial charge is 0.494 e. The van der Waals surface area contributed by atoms with Crippen molar-refractivity contribution in [2.75, 3.05) is 30.3 Å². The molecule has 6 nitrogen and oxygen atoms in total. The highest BCUT2D eigenvalue weighted by Gasteiger charge is 2.27. The molecule has 0 amide bonds. The van der Waals surface area contributed by atoms with Crippen LogP contribution in [0.2, 0.25) is 0 Å². The van der Waals surface area contributed by atoms with Crippen molar-refractivity contribution in [1.82, 2.24) is 9.71 Å². The standard InChI is InChI=1S/C16H21N3O3S2/c20-24(21,12-4-10-22-15-5-2-1-3-6-15)18-14-7-9-19(13-14)16-17-8-11-23-16/h1-3,5-6,8,11,14,18H,4,7,9-10,12-13H2. The van der Waals surface area contributed by atoms with Gasteiger partial charge in [-0.05, 0) is 25.0 Å². The first-order valence-electron chi connectivity index (χ1n) is 7.95. The first-order valence-corrected chi connectivity index (χ1v) is 10.5. The summed E-state index contributed by atoms with van der Waals surface area (Å²) in [6.45, 7) is 1.89. The fourth-order valence-corrected chi connectivity index (χ4v) is 4.67. The smallest absolute Gasteiger partial charge is 0.212 e. The fraction of sp³-hybridized carbons (Fsp3) is 0.438. The van der Waals surface area contributed by atoms with Gasteiger partial charge in [0.05, 0.1) is 12.4 Å². The Labute approximate surface area is 146 Å². The van der Waals surface area contributed by atoms with Gasteiger partial charge in [0.15, 0.2) is 5.13 Å². The molecule has 24 heavy (non-hydrogen) atoms. The molecule has 0 aliphatic carbocycles. The van der Waals surface area contributed by atoms with Crippen LogP contribution in [0.1, 0.15) is 12.8 Å². The van der Waals surface area contributed by atoms with E-state index in [1.54, 1.807) is 17.5 Å². The van der Waals surface area contributed by atoms with E-state index in [2.05, 4.69) is 14.6 Å². The van der Waals surface area contributed by atoms with E-state index in [4.69, 9.17) is 4.74 Å².